The molecule has 1 aromatic heterocycles. The van der Waals surface area contributed by atoms with Crippen LogP contribution in [0.25, 0.3) is 0 Å². The monoisotopic (exact) mass is 257 g/mol. The van der Waals surface area contributed by atoms with Gasteiger partial charge in [-0.25, -0.2) is 0 Å². The van der Waals surface area contributed by atoms with Gasteiger partial charge in [0, 0.05) is 31.4 Å². The lowest BCUT2D eigenvalue weighted by molar-refractivity contribution is 0.100. The van der Waals surface area contributed by atoms with Gasteiger partial charge < -0.3 is 15.6 Å². The van der Waals surface area contributed by atoms with Crippen LogP contribution in [0.1, 0.15) is 15.9 Å². The van der Waals surface area contributed by atoms with Crippen LogP contribution in [-0.4, -0.2) is 10.5 Å². The maximum absolute atomic E-state index is 11.2. The first-order valence-corrected chi connectivity index (χ1v) is 5.85. The second-order valence-electron chi connectivity index (χ2n) is 4.28. The summed E-state index contributed by atoms with van der Waals surface area (Å²) in [6, 6.07) is 10.3. The number of hydrogen-bond acceptors (Lipinski definition) is 3. The number of nitrogens with one attached hydrogen (secondary N) is 1. The van der Waals surface area contributed by atoms with Gasteiger partial charge in [0.05, 0.1) is 5.69 Å². The molecule has 0 aliphatic carbocycles. The Hall–Kier alpha value is -2.56. The van der Waals surface area contributed by atoms with Crippen molar-refractivity contribution in [2.75, 3.05) is 5.32 Å². The van der Waals surface area contributed by atoms with Crippen molar-refractivity contribution in [3.05, 3.63) is 64.1 Å². The van der Waals surface area contributed by atoms with Crippen molar-refractivity contribution in [1.29, 1.82) is 0 Å². The standard InChI is InChI=1S/C14H15N3O2/c1-17-9-12(6-7-13(17)18)16-8-10-2-4-11(5-3-10)14(15)19/h2-7,9,16H,8H2,1H3,(H2,15,19). The Morgan fingerprint density at radius 3 is 2.47 bits per heavy atom. The van der Waals surface area contributed by atoms with Gasteiger partial charge in [0.2, 0.25) is 11.5 Å². The van der Waals surface area contributed by atoms with Crippen molar-refractivity contribution < 1.29 is 4.79 Å². The number of amides is 1. The predicted octanol–water partition coefficient (Wildman–Crippen LogP) is 1.10. The van der Waals surface area contributed by atoms with E-state index in [1.165, 1.54) is 10.6 Å². The Morgan fingerprint density at radius 1 is 1.21 bits per heavy atom. The summed E-state index contributed by atoms with van der Waals surface area (Å²) in [5, 5.41) is 3.20. The molecule has 19 heavy (non-hydrogen) atoms. The molecule has 0 spiro atoms. The van der Waals surface area contributed by atoms with Crippen molar-refractivity contribution in [3.63, 3.8) is 0 Å². The van der Waals surface area contributed by atoms with Crippen LogP contribution in [0, 0.1) is 0 Å². The zero-order chi connectivity index (χ0) is 13.8. The van der Waals surface area contributed by atoms with Crippen LogP contribution in [0.15, 0.2) is 47.4 Å². The number of pyridine rings is 1. The van der Waals surface area contributed by atoms with E-state index in [9.17, 15) is 9.59 Å². The zero-order valence-corrected chi connectivity index (χ0v) is 10.6. The van der Waals surface area contributed by atoms with Crippen molar-refractivity contribution in [1.82, 2.24) is 4.57 Å². The maximum atomic E-state index is 11.2. The molecule has 3 N–H and O–H groups in total. The van der Waals surface area contributed by atoms with Gasteiger partial charge in [0.15, 0.2) is 0 Å². The Bertz CT molecular complexity index is 644. The summed E-state index contributed by atoms with van der Waals surface area (Å²) in [7, 11) is 1.70. The van der Waals surface area contributed by atoms with E-state index in [1.807, 2.05) is 12.1 Å². The molecule has 0 aliphatic rings. The molecule has 2 rings (SSSR count). The van der Waals surface area contributed by atoms with Crippen LogP contribution in [0.3, 0.4) is 0 Å². The topological polar surface area (TPSA) is 77.1 Å². The molecule has 0 bridgehead atoms. The summed E-state index contributed by atoms with van der Waals surface area (Å²) < 4.78 is 1.51. The number of primary amides is 1. The van der Waals surface area contributed by atoms with Crippen LogP contribution in [0.2, 0.25) is 0 Å². The van der Waals surface area contributed by atoms with Gasteiger partial charge in [-0.05, 0) is 23.8 Å². The summed E-state index contributed by atoms with van der Waals surface area (Å²) in [5.41, 5.74) is 7.51. The second kappa shape index (κ2) is 5.39. The molecule has 1 amide bonds. The summed E-state index contributed by atoms with van der Waals surface area (Å²) in [4.78, 5) is 22.2. The average Bonchev–Trinajstić information content (AvgIpc) is 2.40. The molecule has 0 saturated carbocycles. The van der Waals surface area contributed by atoms with Gasteiger partial charge in [0.1, 0.15) is 0 Å². The van der Waals surface area contributed by atoms with Gasteiger partial charge in [-0.3, -0.25) is 9.59 Å². The molecule has 98 valence electrons. The number of benzene rings is 1. The number of rotatable bonds is 4. The summed E-state index contributed by atoms with van der Waals surface area (Å²) >= 11 is 0. The first-order valence-electron chi connectivity index (χ1n) is 5.85. The molecule has 1 heterocycles. The van der Waals surface area contributed by atoms with Crippen molar-refractivity contribution >= 4 is 11.6 Å². The highest BCUT2D eigenvalue weighted by Crippen LogP contribution is 2.08. The fourth-order valence-corrected chi connectivity index (χ4v) is 1.69. The van der Waals surface area contributed by atoms with Crippen LogP contribution in [-0.2, 0) is 13.6 Å². The lowest BCUT2D eigenvalue weighted by Crippen LogP contribution is -2.15. The van der Waals surface area contributed by atoms with Crippen molar-refractivity contribution in [2.45, 2.75) is 6.54 Å². The number of hydrogen-bond donors (Lipinski definition) is 2. The third-order valence-corrected chi connectivity index (χ3v) is 2.82. The fourth-order valence-electron chi connectivity index (χ4n) is 1.69. The maximum Gasteiger partial charge on any atom is 0.250 e. The van der Waals surface area contributed by atoms with Gasteiger partial charge in [0.25, 0.3) is 0 Å². The van der Waals surface area contributed by atoms with Gasteiger partial charge in [-0.15, -0.1) is 0 Å². The number of carbonyl (C=O) groups excluding carboxylic acids is 1. The Morgan fingerprint density at radius 2 is 1.89 bits per heavy atom. The van der Waals surface area contributed by atoms with E-state index < -0.39 is 5.91 Å². The number of nitrogens with zero attached hydrogens (tertiary/aromatic N) is 1. The molecule has 2 aromatic rings. The number of anilines is 1. The number of aromatic nitrogens is 1. The van der Waals surface area contributed by atoms with E-state index in [-0.39, 0.29) is 5.56 Å². The SMILES string of the molecule is Cn1cc(NCc2ccc(C(N)=O)cc2)ccc1=O. The number of carbonyl (C=O) groups is 1. The molecule has 0 unspecified atom stereocenters. The van der Waals surface area contributed by atoms with Crippen LogP contribution >= 0.6 is 0 Å². The smallest absolute Gasteiger partial charge is 0.250 e. The zero-order valence-electron chi connectivity index (χ0n) is 10.6. The van der Waals surface area contributed by atoms with E-state index in [0.29, 0.717) is 12.1 Å². The normalized spacial score (nSPS) is 10.2. The van der Waals surface area contributed by atoms with E-state index >= 15 is 0 Å². The van der Waals surface area contributed by atoms with E-state index in [0.717, 1.165) is 11.3 Å². The van der Waals surface area contributed by atoms with Gasteiger partial charge in [-0.2, -0.15) is 0 Å². The van der Waals surface area contributed by atoms with Crippen LogP contribution < -0.4 is 16.6 Å². The minimum Gasteiger partial charge on any atom is -0.380 e. The van der Waals surface area contributed by atoms with Crippen LogP contribution in [0.4, 0.5) is 5.69 Å². The van der Waals surface area contributed by atoms with Crippen LogP contribution in [0.5, 0.6) is 0 Å². The molecule has 5 nitrogen and oxygen atoms in total. The molecule has 0 fully saturated rings. The van der Waals surface area contributed by atoms with Gasteiger partial charge >= 0.3 is 0 Å². The predicted molar refractivity (Wildman–Crippen MR) is 74.0 cm³/mol. The third kappa shape index (κ3) is 3.22. The van der Waals surface area contributed by atoms with E-state index in [1.54, 1.807) is 31.4 Å². The molecule has 0 aliphatic heterocycles. The largest absolute Gasteiger partial charge is 0.380 e. The highest BCUT2D eigenvalue weighted by atomic mass is 16.1. The number of nitrogens with two attached hydrogens (primary N) is 1. The van der Waals surface area contributed by atoms with E-state index in [2.05, 4.69) is 5.32 Å². The lowest BCUT2D eigenvalue weighted by atomic mass is 10.1. The lowest BCUT2D eigenvalue weighted by Gasteiger charge is -2.08. The first kappa shape index (κ1) is 12.9. The minimum atomic E-state index is -0.433. The molecule has 1 aromatic carbocycles. The highest BCUT2D eigenvalue weighted by molar-refractivity contribution is 5.92. The average molecular weight is 257 g/mol. The first-order chi connectivity index (χ1) is 9.06. The Kier molecular flexibility index (Phi) is 3.66. The molecular weight excluding hydrogens is 242 g/mol. The summed E-state index contributed by atoms with van der Waals surface area (Å²) in [5.74, 6) is -0.433. The molecule has 0 radical (unpaired) electrons. The Balaban J connectivity index is 2.03. The molecular formula is C14H15N3O2. The molecule has 5 heteroatoms. The van der Waals surface area contributed by atoms with Crippen molar-refractivity contribution in [2.24, 2.45) is 12.8 Å². The molecule has 0 saturated heterocycles. The fraction of sp³-hybridized carbons (Fsp3) is 0.143. The number of aryl methyl sites for hydroxylation is 1. The quantitative estimate of drug-likeness (QED) is 0.861. The Labute approximate surface area is 110 Å². The summed E-state index contributed by atoms with van der Waals surface area (Å²) in [6.07, 6.45) is 1.74. The van der Waals surface area contributed by atoms with E-state index in [4.69, 9.17) is 5.73 Å². The van der Waals surface area contributed by atoms with Crippen molar-refractivity contribution in [3.8, 4) is 0 Å². The minimum absolute atomic E-state index is 0.0450. The highest BCUT2D eigenvalue weighted by Gasteiger charge is 2.00. The molecule has 0 atom stereocenters. The summed E-state index contributed by atoms with van der Waals surface area (Å²) in [6.45, 7) is 0.608. The third-order valence-electron chi connectivity index (χ3n) is 2.82. The van der Waals surface area contributed by atoms with Gasteiger partial charge in [-0.1, -0.05) is 12.1 Å². The second-order valence-corrected chi connectivity index (χ2v) is 4.28.